The molecule has 0 aliphatic rings. The highest BCUT2D eigenvalue weighted by atomic mass is 19.4. The molecule has 0 atom stereocenters. The lowest BCUT2D eigenvalue weighted by Gasteiger charge is -2.05. The van der Waals surface area contributed by atoms with Crippen LogP contribution >= 0.6 is 0 Å². The highest BCUT2D eigenvalue weighted by molar-refractivity contribution is 5.80. The normalized spacial score (nSPS) is 12.3. The van der Waals surface area contributed by atoms with Gasteiger partial charge >= 0.3 is 6.18 Å². The second-order valence-corrected chi connectivity index (χ2v) is 5.67. The predicted octanol–water partition coefficient (Wildman–Crippen LogP) is 6.28. The summed E-state index contributed by atoms with van der Waals surface area (Å²) in [6.07, 6.45) is 0.528. The van der Waals surface area contributed by atoms with Crippen molar-refractivity contribution in [2.75, 3.05) is 0 Å². The van der Waals surface area contributed by atoms with Gasteiger partial charge in [-0.25, -0.2) is 4.98 Å². The van der Waals surface area contributed by atoms with Crippen LogP contribution in [-0.2, 0) is 6.18 Å². The van der Waals surface area contributed by atoms with E-state index in [4.69, 9.17) is 8.83 Å². The van der Waals surface area contributed by atoms with Gasteiger partial charge in [-0.1, -0.05) is 12.1 Å². The molecular formula is C20H12F3NO2. The molecule has 0 bridgehead atoms. The van der Waals surface area contributed by atoms with Crippen LogP contribution in [0.25, 0.3) is 34.6 Å². The van der Waals surface area contributed by atoms with Crippen LogP contribution in [-0.4, -0.2) is 4.98 Å². The summed E-state index contributed by atoms with van der Waals surface area (Å²) in [4.78, 5) is 4.34. The average molecular weight is 355 g/mol. The molecule has 130 valence electrons. The molecule has 0 N–H and O–H groups in total. The summed E-state index contributed by atoms with van der Waals surface area (Å²) in [5.74, 6) is 1.10. The molecule has 0 saturated carbocycles. The monoisotopic (exact) mass is 355 g/mol. The zero-order valence-corrected chi connectivity index (χ0v) is 13.3. The van der Waals surface area contributed by atoms with Gasteiger partial charge in [-0.15, -0.1) is 0 Å². The molecule has 26 heavy (non-hydrogen) atoms. The fraction of sp³-hybridized carbons (Fsp3) is 0.0500. The number of rotatable bonds is 3. The molecule has 0 spiro atoms. The van der Waals surface area contributed by atoms with Crippen molar-refractivity contribution in [1.82, 2.24) is 4.98 Å². The van der Waals surface area contributed by atoms with Crippen LogP contribution in [0, 0.1) is 0 Å². The molecule has 2 aromatic heterocycles. The quantitative estimate of drug-likeness (QED) is 0.434. The molecule has 6 heteroatoms. The molecule has 3 nitrogen and oxygen atoms in total. The molecule has 0 aliphatic heterocycles. The smallest absolute Gasteiger partial charge is 0.416 e. The maximum Gasteiger partial charge on any atom is 0.416 e. The van der Waals surface area contributed by atoms with E-state index in [9.17, 15) is 13.2 Å². The molecule has 0 radical (unpaired) electrons. The average Bonchev–Trinajstić information content (AvgIpc) is 3.28. The number of halogens is 3. The molecule has 4 rings (SSSR count). The zero-order valence-electron chi connectivity index (χ0n) is 13.3. The first-order valence-electron chi connectivity index (χ1n) is 7.79. The van der Waals surface area contributed by atoms with Crippen molar-refractivity contribution < 1.29 is 22.0 Å². The summed E-state index contributed by atoms with van der Waals surface area (Å²) in [5.41, 5.74) is 2.11. The van der Waals surface area contributed by atoms with Gasteiger partial charge in [0.1, 0.15) is 11.3 Å². The van der Waals surface area contributed by atoms with Crippen molar-refractivity contribution >= 4 is 23.3 Å². The number of benzene rings is 2. The predicted molar refractivity (Wildman–Crippen MR) is 92.1 cm³/mol. The Labute approximate surface area is 146 Å². The van der Waals surface area contributed by atoms with Crippen LogP contribution in [0.3, 0.4) is 0 Å². The van der Waals surface area contributed by atoms with E-state index in [-0.39, 0.29) is 0 Å². The molecule has 2 aromatic carbocycles. The fourth-order valence-electron chi connectivity index (χ4n) is 2.56. The minimum atomic E-state index is -4.34. The number of alkyl halides is 3. The number of aromatic nitrogens is 1. The van der Waals surface area contributed by atoms with E-state index in [0.717, 1.165) is 23.5 Å². The summed E-state index contributed by atoms with van der Waals surface area (Å²) in [7, 11) is 0. The molecule has 0 aliphatic carbocycles. The summed E-state index contributed by atoms with van der Waals surface area (Å²) in [6.45, 7) is 0. The molecule has 2 heterocycles. The van der Waals surface area contributed by atoms with Gasteiger partial charge in [0.25, 0.3) is 0 Å². The van der Waals surface area contributed by atoms with Crippen molar-refractivity contribution in [2.45, 2.75) is 6.18 Å². The topological polar surface area (TPSA) is 39.2 Å². The maximum atomic E-state index is 12.6. The molecular weight excluding hydrogens is 343 g/mol. The van der Waals surface area contributed by atoms with Crippen LogP contribution in [0.4, 0.5) is 13.2 Å². The highest BCUT2D eigenvalue weighted by Crippen LogP contribution is 2.29. The van der Waals surface area contributed by atoms with Crippen molar-refractivity contribution in [1.29, 1.82) is 0 Å². The SMILES string of the molecule is FC(F)(F)c1ccc(/C=C/c2nc3ccc(-c4ccco4)cc3o2)cc1. The number of fused-ring (bicyclic) bond motifs is 1. The lowest BCUT2D eigenvalue weighted by Crippen LogP contribution is -2.03. The van der Waals surface area contributed by atoms with Gasteiger partial charge in [0.2, 0.25) is 5.89 Å². The Kier molecular flexibility index (Phi) is 3.88. The highest BCUT2D eigenvalue weighted by Gasteiger charge is 2.29. The molecule has 0 saturated heterocycles. The van der Waals surface area contributed by atoms with Crippen LogP contribution in [0.15, 0.2) is 69.7 Å². The Balaban J connectivity index is 1.58. The van der Waals surface area contributed by atoms with Gasteiger partial charge in [0, 0.05) is 11.6 Å². The first-order chi connectivity index (χ1) is 12.5. The molecule has 0 fully saturated rings. The Morgan fingerprint density at radius 3 is 2.42 bits per heavy atom. The first-order valence-corrected chi connectivity index (χ1v) is 7.79. The lowest BCUT2D eigenvalue weighted by molar-refractivity contribution is -0.137. The van der Waals surface area contributed by atoms with Crippen molar-refractivity contribution in [2.24, 2.45) is 0 Å². The van der Waals surface area contributed by atoms with Crippen molar-refractivity contribution in [3.8, 4) is 11.3 Å². The van der Waals surface area contributed by atoms with E-state index in [0.29, 0.717) is 22.6 Å². The minimum Gasteiger partial charge on any atom is -0.464 e. The van der Waals surface area contributed by atoms with Gasteiger partial charge in [0.05, 0.1) is 11.8 Å². The van der Waals surface area contributed by atoms with E-state index >= 15 is 0 Å². The second kappa shape index (κ2) is 6.22. The standard InChI is InChI=1S/C20H12F3NO2/c21-20(22,23)15-7-3-13(4-8-15)5-10-19-24-16-9-6-14(12-18(16)26-19)17-2-1-11-25-17/h1-12H/b10-5+. The first kappa shape index (κ1) is 16.2. The Morgan fingerprint density at radius 1 is 0.923 bits per heavy atom. The maximum absolute atomic E-state index is 12.6. The van der Waals surface area contributed by atoms with Crippen molar-refractivity contribution in [3.63, 3.8) is 0 Å². The van der Waals surface area contributed by atoms with E-state index in [2.05, 4.69) is 4.98 Å². The van der Waals surface area contributed by atoms with E-state index in [1.165, 1.54) is 12.1 Å². The summed E-state index contributed by atoms with van der Waals surface area (Å²) < 4.78 is 48.8. The molecule has 0 unspecified atom stereocenters. The van der Waals surface area contributed by atoms with E-state index in [1.54, 1.807) is 24.5 Å². The number of nitrogens with zero attached hydrogens (tertiary/aromatic N) is 1. The minimum absolute atomic E-state index is 0.372. The third kappa shape index (κ3) is 3.26. The number of oxazole rings is 1. The van der Waals surface area contributed by atoms with Crippen LogP contribution < -0.4 is 0 Å². The van der Waals surface area contributed by atoms with Gasteiger partial charge < -0.3 is 8.83 Å². The van der Waals surface area contributed by atoms with Crippen LogP contribution in [0.5, 0.6) is 0 Å². The molecule has 4 aromatic rings. The van der Waals surface area contributed by atoms with Gasteiger partial charge in [-0.3, -0.25) is 0 Å². The Morgan fingerprint density at radius 2 is 1.73 bits per heavy atom. The third-order valence-electron chi connectivity index (χ3n) is 3.87. The summed E-state index contributed by atoms with van der Waals surface area (Å²) in [6, 6.07) is 14.1. The van der Waals surface area contributed by atoms with Crippen molar-refractivity contribution in [3.05, 3.63) is 77.9 Å². The number of hydrogen-bond acceptors (Lipinski definition) is 3. The zero-order chi connectivity index (χ0) is 18.1. The van der Waals surface area contributed by atoms with Gasteiger partial charge in [-0.05, 0) is 54.1 Å². The molecule has 0 amide bonds. The van der Waals surface area contributed by atoms with Gasteiger partial charge in [0.15, 0.2) is 5.58 Å². The lowest BCUT2D eigenvalue weighted by atomic mass is 10.1. The fourth-order valence-corrected chi connectivity index (χ4v) is 2.56. The van der Waals surface area contributed by atoms with Crippen LogP contribution in [0.2, 0.25) is 0 Å². The van der Waals surface area contributed by atoms with E-state index in [1.807, 2.05) is 24.3 Å². The van der Waals surface area contributed by atoms with Crippen LogP contribution in [0.1, 0.15) is 17.0 Å². The second-order valence-electron chi connectivity index (χ2n) is 5.67. The Bertz CT molecular complexity index is 1060. The third-order valence-corrected chi connectivity index (χ3v) is 3.87. The largest absolute Gasteiger partial charge is 0.464 e. The summed E-state index contributed by atoms with van der Waals surface area (Å²) >= 11 is 0. The Hall–Kier alpha value is -3.28. The van der Waals surface area contributed by atoms with E-state index < -0.39 is 11.7 Å². The number of hydrogen-bond donors (Lipinski definition) is 0. The summed E-state index contributed by atoms with van der Waals surface area (Å²) in [5, 5.41) is 0. The van der Waals surface area contributed by atoms with Gasteiger partial charge in [-0.2, -0.15) is 13.2 Å². The number of furan rings is 1.